The van der Waals surface area contributed by atoms with Crippen LogP contribution in [0.3, 0.4) is 0 Å². The third-order valence-electron chi connectivity index (χ3n) is 5.61. The standard InChI is InChI=1S/C19H30N4O3S/c1-15-7-10-22(11-8-15)13-16-4-3-9-23(14-16)19(24)21-17-5-2-6-18(12-17)27(20,25)26/h2,5-6,12,15-16H,3-4,7-11,13-14H2,1H3,(H,21,24)(H2,20,25,26). The fourth-order valence-corrected chi connectivity index (χ4v) is 4.52. The highest BCUT2D eigenvalue weighted by Gasteiger charge is 2.26. The first-order valence-corrected chi connectivity index (χ1v) is 11.3. The number of hydrogen-bond acceptors (Lipinski definition) is 4. The van der Waals surface area contributed by atoms with E-state index in [2.05, 4.69) is 17.1 Å². The molecule has 3 N–H and O–H groups in total. The van der Waals surface area contributed by atoms with E-state index in [4.69, 9.17) is 5.14 Å². The predicted molar refractivity (Wildman–Crippen MR) is 106 cm³/mol. The minimum Gasteiger partial charge on any atom is -0.324 e. The Labute approximate surface area is 161 Å². The molecule has 0 bridgehead atoms. The van der Waals surface area contributed by atoms with Crippen molar-refractivity contribution in [3.05, 3.63) is 24.3 Å². The predicted octanol–water partition coefficient (Wildman–Crippen LogP) is 2.31. The summed E-state index contributed by atoms with van der Waals surface area (Å²) in [5.74, 6) is 1.32. The summed E-state index contributed by atoms with van der Waals surface area (Å²) in [4.78, 5) is 17.0. The summed E-state index contributed by atoms with van der Waals surface area (Å²) in [7, 11) is -3.79. The Morgan fingerprint density at radius 3 is 2.67 bits per heavy atom. The van der Waals surface area contributed by atoms with Crippen LogP contribution in [0.4, 0.5) is 10.5 Å². The lowest BCUT2D eigenvalue weighted by Crippen LogP contribution is -2.46. The number of carbonyl (C=O) groups is 1. The van der Waals surface area contributed by atoms with Crippen LogP contribution in [-0.2, 0) is 10.0 Å². The molecule has 150 valence electrons. The molecule has 3 rings (SSSR count). The lowest BCUT2D eigenvalue weighted by Gasteiger charge is -2.37. The number of urea groups is 1. The van der Waals surface area contributed by atoms with Gasteiger partial charge in [-0.15, -0.1) is 0 Å². The van der Waals surface area contributed by atoms with Crippen molar-refractivity contribution >= 4 is 21.7 Å². The zero-order chi connectivity index (χ0) is 19.4. The molecule has 27 heavy (non-hydrogen) atoms. The highest BCUT2D eigenvalue weighted by molar-refractivity contribution is 7.89. The summed E-state index contributed by atoms with van der Waals surface area (Å²) in [5, 5.41) is 7.97. The number of likely N-dealkylation sites (tertiary alicyclic amines) is 2. The van der Waals surface area contributed by atoms with E-state index < -0.39 is 10.0 Å². The molecule has 1 aromatic rings. The largest absolute Gasteiger partial charge is 0.324 e. The Morgan fingerprint density at radius 1 is 1.22 bits per heavy atom. The number of benzene rings is 1. The van der Waals surface area contributed by atoms with Crippen LogP contribution in [0.25, 0.3) is 0 Å². The van der Waals surface area contributed by atoms with Crippen molar-refractivity contribution in [1.29, 1.82) is 0 Å². The topological polar surface area (TPSA) is 95.7 Å². The van der Waals surface area contributed by atoms with E-state index in [-0.39, 0.29) is 10.9 Å². The molecule has 2 fully saturated rings. The number of amides is 2. The maximum absolute atomic E-state index is 12.6. The molecule has 2 heterocycles. The average molecular weight is 395 g/mol. The molecular weight excluding hydrogens is 364 g/mol. The number of nitrogens with one attached hydrogen (secondary N) is 1. The number of piperidine rings is 2. The summed E-state index contributed by atoms with van der Waals surface area (Å²) < 4.78 is 22.9. The van der Waals surface area contributed by atoms with Crippen molar-refractivity contribution in [2.45, 2.75) is 37.5 Å². The Kier molecular flexibility index (Phi) is 6.39. The first-order chi connectivity index (χ1) is 12.8. The number of rotatable bonds is 4. The Balaban J connectivity index is 1.55. The number of primary sulfonamides is 1. The van der Waals surface area contributed by atoms with Gasteiger partial charge >= 0.3 is 6.03 Å². The van der Waals surface area contributed by atoms with Crippen molar-refractivity contribution in [3.63, 3.8) is 0 Å². The van der Waals surface area contributed by atoms with Crippen molar-refractivity contribution in [2.75, 3.05) is 38.0 Å². The molecule has 1 atom stereocenters. The average Bonchev–Trinajstić information content (AvgIpc) is 2.63. The van der Waals surface area contributed by atoms with E-state index in [9.17, 15) is 13.2 Å². The van der Waals surface area contributed by atoms with Gasteiger partial charge in [0.25, 0.3) is 0 Å². The second-order valence-electron chi connectivity index (χ2n) is 7.94. The molecule has 0 saturated carbocycles. The summed E-state index contributed by atoms with van der Waals surface area (Å²) in [6.07, 6.45) is 4.67. The van der Waals surface area contributed by atoms with E-state index in [1.54, 1.807) is 12.1 Å². The van der Waals surface area contributed by atoms with E-state index in [1.807, 2.05) is 4.90 Å². The van der Waals surface area contributed by atoms with E-state index >= 15 is 0 Å². The van der Waals surface area contributed by atoms with E-state index in [0.29, 0.717) is 11.6 Å². The smallest absolute Gasteiger partial charge is 0.321 e. The first-order valence-electron chi connectivity index (χ1n) is 9.72. The van der Waals surface area contributed by atoms with Crippen molar-refractivity contribution in [1.82, 2.24) is 9.80 Å². The quantitative estimate of drug-likeness (QED) is 0.819. The highest BCUT2D eigenvalue weighted by Crippen LogP contribution is 2.23. The van der Waals surface area contributed by atoms with Gasteiger partial charge in [-0.05, 0) is 68.8 Å². The number of hydrogen-bond donors (Lipinski definition) is 2. The Bertz CT molecular complexity index is 760. The minimum absolute atomic E-state index is 0.00357. The molecule has 2 amide bonds. The molecule has 0 radical (unpaired) electrons. The van der Waals surface area contributed by atoms with Crippen molar-refractivity contribution in [2.24, 2.45) is 17.0 Å². The van der Waals surface area contributed by atoms with Gasteiger partial charge in [0.2, 0.25) is 10.0 Å². The Hall–Kier alpha value is -1.64. The molecule has 2 saturated heterocycles. The van der Waals surface area contributed by atoms with Gasteiger partial charge in [-0.1, -0.05) is 13.0 Å². The van der Waals surface area contributed by atoms with E-state index in [0.717, 1.165) is 51.5 Å². The van der Waals surface area contributed by atoms with Crippen LogP contribution in [0.1, 0.15) is 32.6 Å². The minimum atomic E-state index is -3.79. The third-order valence-corrected chi connectivity index (χ3v) is 6.52. The fourth-order valence-electron chi connectivity index (χ4n) is 3.96. The molecule has 2 aliphatic heterocycles. The van der Waals surface area contributed by atoms with Crippen LogP contribution < -0.4 is 10.5 Å². The number of nitrogens with two attached hydrogens (primary N) is 1. The van der Waals surface area contributed by atoms with Gasteiger partial charge in [-0.3, -0.25) is 0 Å². The Morgan fingerprint density at radius 2 is 1.96 bits per heavy atom. The first kappa shape index (κ1) is 20.1. The SMILES string of the molecule is CC1CCN(CC2CCCN(C(=O)Nc3cccc(S(N)(=O)=O)c3)C2)CC1. The number of anilines is 1. The van der Waals surface area contributed by atoms with Gasteiger partial charge in [0.05, 0.1) is 4.90 Å². The molecular formula is C19H30N4O3S. The summed E-state index contributed by atoms with van der Waals surface area (Å²) in [5.41, 5.74) is 0.443. The second kappa shape index (κ2) is 8.58. The monoisotopic (exact) mass is 394 g/mol. The van der Waals surface area contributed by atoms with Gasteiger partial charge in [0.1, 0.15) is 0 Å². The lowest BCUT2D eigenvalue weighted by atomic mass is 9.94. The van der Waals surface area contributed by atoms with Crippen LogP contribution in [0.5, 0.6) is 0 Å². The van der Waals surface area contributed by atoms with Crippen LogP contribution in [0, 0.1) is 11.8 Å². The second-order valence-corrected chi connectivity index (χ2v) is 9.50. The van der Waals surface area contributed by atoms with Gasteiger partial charge in [-0.2, -0.15) is 0 Å². The van der Waals surface area contributed by atoms with E-state index in [1.165, 1.54) is 25.0 Å². The zero-order valence-corrected chi connectivity index (χ0v) is 16.7. The zero-order valence-electron chi connectivity index (χ0n) is 15.9. The molecule has 8 heteroatoms. The van der Waals surface area contributed by atoms with Gasteiger partial charge in [0, 0.05) is 25.3 Å². The molecule has 2 aliphatic rings. The van der Waals surface area contributed by atoms with Crippen LogP contribution in [0.2, 0.25) is 0 Å². The van der Waals surface area contributed by atoms with Gasteiger partial charge in [0.15, 0.2) is 0 Å². The fraction of sp³-hybridized carbons (Fsp3) is 0.632. The third kappa shape index (κ3) is 5.67. The normalized spacial score (nSPS) is 22.6. The lowest BCUT2D eigenvalue weighted by molar-refractivity contribution is 0.124. The molecule has 0 aromatic heterocycles. The number of nitrogens with zero attached hydrogens (tertiary/aromatic N) is 2. The van der Waals surface area contributed by atoms with Crippen LogP contribution in [-0.4, -0.2) is 57.0 Å². The molecule has 1 aromatic carbocycles. The maximum atomic E-state index is 12.6. The summed E-state index contributed by atoms with van der Waals surface area (Å²) in [6.45, 7) is 7.15. The summed E-state index contributed by atoms with van der Waals surface area (Å²) >= 11 is 0. The summed E-state index contributed by atoms with van der Waals surface area (Å²) in [6, 6.07) is 5.87. The van der Waals surface area contributed by atoms with Crippen molar-refractivity contribution < 1.29 is 13.2 Å². The number of carbonyl (C=O) groups excluding carboxylic acids is 1. The van der Waals surface area contributed by atoms with Crippen LogP contribution in [0.15, 0.2) is 29.2 Å². The number of sulfonamides is 1. The van der Waals surface area contributed by atoms with Crippen molar-refractivity contribution in [3.8, 4) is 0 Å². The van der Waals surface area contributed by atoms with Crippen LogP contribution >= 0.6 is 0 Å². The molecule has 0 spiro atoms. The molecule has 0 aliphatic carbocycles. The molecule has 7 nitrogen and oxygen atoms in total. The molecule has 1 unspecified atom stereocenters. The maximum Gasteiger partial charge on any atom is 0.321 e. The highest BCUT2D eigenvalue weighted by atomic mass is 32.2. The van der Waals surface area contributed by atoms with Gasteiger partial charge in [-0.25, -0.2) is 18.4 Å². The van der Waals surface area contributed by atoms with Gasteiger partial charge < -0.3 is 15.1 Å².